The molecular weight excluding hydrogens is 150 g/mol. The highest BCUT2D eigenvalue weighted by Gasteiger charge is 2.36. The predicted molar refractivity (Wildman–Crippen MR) is 51.2 cm³/mol. The van der Waals surface area contributed by atoms with Gasteiger partial charge in [-0.25, -0.2) is 0 Å². The maximum absolute atomic E-state index is 9.90. The average molecular weight is 171 g/mol. The molecule has 2 heteroatoms. The summed E-state index contributed by atoms with van der Waals surface area (Å²) in [4.78, 5) is 2.40. The minimum atomic E-state index is -0.541. The number of aliphatic hydroxyl groups is 1. The van der Waals surface area contributed by atoms with Crippen molar-refractivity contribution in [3.05, 3.63) is 0 Å². The minimum absolute atomic E-state index is 0.359. The minimum Gasteiger partial charge on any atom is -0.389 e. The van der Waals surface area contributed by atoms with Gasteiger partial charge in [-0.2, -0.15) is 0 Å². The monoisotopic (exact) mass is 171 g/mol. The van der Waals surface area contributed by atoms with E-state index in [9.17, 15) is 5.11 Å². The van der Waals surface area contributed by atoms with E-state index in [1.54, 1.807) is 0 Å². The van der Waals surface area contributed by atoms with Crippen molar-refractivity contribution in [2.75, 3.05) is 6.54 Å². The van der Waals surface area contributed by atoms with Gasteiger partial charge in [0.15, 0.2) is 0 Å². The lowest BCUT2D eigenvalue weighted by molar-refractivity contribution is -0.0122. The van der Waals surface area contributed by atoms with Crippen LogP contribution in [-0.4, -0.2) is 34.2 Å². The summed E-state index contributed by atoms with van der Waals surface area (Å²) in [5.74, 6) is 0. The van der Waals surface area contributed by atoms with Gasteiger partial charge in [-0.1, -0.05) is 0 Å². The highest BCUT2D eigenvalue weighted by molar-refractivity contribution is 4.91. The van der Waals surface area contributed by atoms with E-state index in [1.807, 2.05) is 13.8 Å². The van der Waals surface area contributed by atoms with Gasteiger partial charge in [0.2, 0.25) is 0 Å². The Morgan fingerprint density at radius 2 is 2.00 bits per heavy atom. The zero-order chi connectivity index (χ0) is 9.35. The molecule has 0 aromatic rings. The summed E-state index contributed by atoms with van der Waals surface area (Å²) in [6, 6.07) is 0.918. The first kappa shape index (κ1) is 10.0. The summed E-state index contributed by atoms with van der Waals surface area (Å²) in [5.41, 5.74) is -0.541. The van der Waals surface area contributed by atoms with Crippen molar-refractivity contribution in [3.63, 3.8) is 0 Å². The second-order valence-corrected chi connectivity index (χ2v) is 4.64. The van der Waals surface area contributed by atoms with Crippen LogP contribution in [0.3, 0.4) is 0 Å². The van der Waals surface area contributed by atoms with Crippen molar-refractivity contribution in [3.8, 4) is 0 Å². The first-order chi connectivity index (χ1) is 5.43. The number of hydrogen-bond donors (Lipinski definition) is 1. The fourth-order valence-corrected chi connectivity index (χ4v) is 2.17. The predicted octanol–water partition coefficient (Wildman–Crippen LogP) is 1.63. The standard InChI is InChI=1S/C10H21NO/c1-8(2)11-7-5-6-9(11)10(3,4)12/h8-9,12H,5-7H2,1-4H3/t9-/m1/s1. The second-order valence-electron chi connectivity index (χ2n) is 4.64. The summed E-state index contributed by atoms with van der Waals surface area (Å²) in [7, 11) is 0. The van der Waals surface area contributed by atoms with Gasteiger partial charge < -0.3 is 5.11 Å². The van der Waals surface area contributed by atoms with Gasteiger partial charge in [-0.15, -0.1) is 0 Å². The van der Waals surface area contributed by atoms with E-state index in [0.717, 1.165) is 13.0 Å². The molecule has 0 bridgehead atoms. The fourth-order valence-electron chi connectivity index (χ4n) is 2.17. The highest BCUT2D eigenvalue weighted by atomic mass is 16.3. The maximum Gasteiger partial charge on any atom is 0.0746 e. The largest absolute Gasteiger partial charge is 0.389 e. The molecule has 0 aromatic carbocycles. The average Bonchev–Trinajstić information content (AvgIpc) is 2.30. The number of nitrogens with zero attached hydrogens (tertiary/aromatic N) is 1. The van der Waals surface area contributed by atoms with Crippen LogP contribution in [0.1, 0.15) is 40.5 Å². The Kier molecular flexibility index (Phi) is 2.79. The highest BCUT2D eigenvalue weighted by Crippen LogP contribution is 2.28. The topological polar surface area (TPSA) is 23.5 Å². The molecule has 72 valence electrons. The van der Waals surface area contributed by atoms with Gasteiger partial charge in [0.25, 0.3) is 0 Å². The molecule has 1 fully saturated rings. The number of hydrogen-bond acceptors (Lipinski definition) is 2. The second kappa shape index (κ2) is 3.35. The Hall–Kier alpha value is -0.0800. The summed E-state index contributed by atoms with van der Waals surface area (Å²) in [6.45, 7) is 9.37. The Bertz CT molecular complexity index is 148. The third-order valence-corrected chi connectivity index (χ3v) is 2.77. The molecule has 1 heterocycles. The van der Waals surface area contributed by atoms with E-state index in [-0.39, 0.29) is 0 Å². The normalized spacial score (nSPS) is 27.0. The van der Waals surface area contributed by atoms with E-state index in [2.05, 4.69) is 18.7 Å². The van der Waals surface area contributed by atoms with E-state index in [1.165, 1.54) is 6.42 Å². The molecule has 1 saturated heterocycles. The van der Waals surface area contributed by atoms with Crippen LogP contribution >= 0.6 is 0 Å². The smallest absolute Gasteiger partial charge is 0.0746 e. The first-order valence-corrected chi connectivity index (χ1v) is 4.91. The van der Waals surface area contributed by atoms with Crippen LogP contribution in [-0.2, 0) is 0 Å². The van der Waals surface area contributed by atoms with Crippen LogP contribution in [0.25, 0.3) is 0 Å². The van der Waals surface area contributed by atoms with Crippen LogP contribution in [0.2, 0.25) is 0 Å². The maximum atomic E-state index is 9.90. The lowest BCUT2D eigenvalue weighted by Gasteiger charge is -2.36. The molecule has 0 radical (unpaired) electrons. The van der Waals surface area contributed by atoms with Crippen LogP contribution < -0.4 is 0 Å². The molecule has 1 N–H and O–H groups in total. The summed E-state index contributed by atoms with van der Waals surface area (Å²) in [6.07, 6.45) is 2.37. The Labute approximate surface area is 75.6 Å². The van der Waals surface area contributed by atoms with Crippen molar-refractivity contribution in [2.24, 2.45) is 0 Å². The molecule has 0 amide bonds. The zero-order valence-corrected chi connectivity index (χ0v) is 8.67. The summed E-state index contributed by atoms with van der Waals surface area (Å²) >= 11 is 0. The molecule has 0 saturated carbocycles. The molecular formula is C10H21NO. The van der Waals surface area contributed by atoms with Gasteiger partial charge in [0.05, 0.1) is 5.60 Å². The molecule has 12 heavy (non-hydrogen) atoms. The summed E-state index contributed by atoms with van der Waals surface area (Å²) < 4.78 is 0. The first-order valence-electron chi connectivity index (χ1n) is 4.91. The van der Waals surface area contributed by atoms with Crippen molar-refractivity contribution < 1.29 is 5.11 Å². The van der Waals surface area contributed by atoms with E-state index in [0.29, 0.717) is 12.1 Å². The van der Waals surface area contributed by atoms with Crippen molar-refractivity contribution >= 4 is 0 Å². The van der Waals surface area contributed by atoms with Crippen LogP contribution in [0, 0.1) is 0 Å². The molecule has 1 aliphatic rings. The quantitative estimate of drug-likeness (QED) is 0.682. The third-order valence-electron chi connectivity index (χ3n) is 2.77. The lowest BCUT2D eigenvalue weighted by Crippen LogP contribution is -2.48. The van der Waals surface area contributed by atoms with Gasteiger partial charge in [0, 0.05) is 12.1 Å². The van der Waals surface area contributed by atoms with Crippen LogP contribution in [0.4, 0.5) is 0 Å². The molecule has 0 unspecified atom stereocenters. The van der Waals surface area contributed by atoms with Crippen LogP contribution in [0.5, 0.6) is 0 Å². The Morgan fingerprint density at radius 1 is 1.42 bits per heavy atom. The summed E-state index contributed by atoms with van der Waals surface area (Å²) in [5, 5.41) is 9.90. The third kappa shape index (κ3) is 1.99. The van der Waals surface area contributed by atoms with Crippen molar-refractivity contribution in [1.82, 2.24) is 4.90 Å². The van der Waals surface area contributed by atoms with Gasteiger partial charge in [-0.3, -0.25) is 4.90 Å². The van der Waals surface area contributed by atoms with E-state index >= 15 is 0 Å². The molecule has 0 aromatic heterocycles. The molecule has 2 nitrogen and oxygen atoms in total. The molecule has 1 rings (SSSR count). The fraction of sp³-hybridized carbons (Fsp3) is 1.00. The number of likely N-dealkylation sites (tertiary alicyclic amines) is 1. The Morgan fingerprint density at radius 3 is 2.33 bits per heavy atom. The number of rotatable bonds is 2. The van der Waals surface area contributed by atoms with Crippen molar-refractivity contribution in [2.45, 2.75) is 58.2 Å². The molecule has 1 aliphatic heterocycles. The van der Waals surface area contributed by atoms with Crippen LogP contribution in [0.15, 0.2) is 0 Å². The van der Waals surface area contributed by atoms with E-state index < -0.39 is 5.60 Å². The Balaban J connectivity index is 2.64. The molecule has 0 aliphatic carbocycles. The SMILES string of the molecule is CC(C)N1CCC[C@@H]1C(C)(C)O. The molecule has 0 spiro atoms. The molecule has 1 atom stereocenters. The van der Waals surface area contributed by atoms with Gasteiger partial charge in [0.1, 0.15) is 0 Å². The lowest BCUT2D eigenvalue weighted by atomic mass is 9.96. The van der Waals surface area contributed by atoms with Gasteiger partial charge in [-0.05, 0) is 47.1 Å². The van der Waals surface area contributed by atoms with Crippen molar-refractivity contribution in [1.29, 1.82) is 0 Å². The van der Waals surface area contributed by atoms with Gasteiger partial charge >= 0.3 is 0 Å². The van der Waals surface area contributed by atoms with E-state index in [4.69, 9.17) is 0 Å². The zero-order valence-electron chi connectivity index (χ0n) is 8.67.